The summed E-state index contributed by atoms with van der Waals surface area (Å²) < 4.78 is 227. The molecule has 9 heteroatoms. The maximum absolute atomic E-state index is 7.84. The molecule has 0 fully saturated rings. The summed E-state index contributed by atoms with van der Waals surface area (Å²) >= 11 is 0. The van der Waals surface area contributed by atoms with Crippen molar-refractivity contribution in [3.8, 4) is 0 Å². The van der Waals surface area contributed by atoms with Gasteiger partial charge in [0.25, 0.3) is 0 Å². The average molecular weight is 1460 g/mol. The number of hydrogen-bond donors (Lipinski definition) is 0. The highest BCUT2D eigenvalue weighted by Crippen LogP contribution is 2.40. The van der Waals surface area contributed by atoms with Crippen molar-refractivity contribution in [2.45, 2.75) is 0 Å². The first-order valence-electron chi connectivity index (χ1n) is 56.6. The van der Waals surface area contributed by atoms with Crippen molar-refractivity contribution < 1.29 is 61.7 Å². The molecule has 108 heavy (non-hydrogen) atoms. The Balaban J connectivity index is 0.000000847. The van der Waals surface area contributed by atoms with Crippen molar-refractivity contribution in [2.24, 2.45) is 0 Å². The molecular weight excluding hydrogens is 1320 g/mol. The third-order valence-electron chi connectivity index (χ3n) is 20.3. The zero-order chi connectivity index (χ0) is 113. The largest absolute Gasteiger partial charge is 0.264 e. The number of aromatic nitrogens is 9. The number of fused-ring (bicyclic) bond motifs is 36. The van der Waals surface area contributed by atoms with Gasteiger partial charge in [0.05, 0.1) is 35.8 Å². The smallest absolute Gasteiger partial charge is 0.0970 e. The first kappa shape index (κ1) is 43.4. The van der Waals surface area contributed by atoms with Crippen LogP contribution in [0, 0.1) is 0 Å². The Labute approximate surface area is 683 Å². The number of rotatable bonds is 0. The van der Waals surface area contributed by atoms with Gasteiger partial charge < -0.3 is 0 Å². The van der Waals surface area contributed by atoms with Crippen LogP contribution >= 0.6 is 0 Å². The maximum atomic E-state index is 7.84. The molecule has 9 aromatic heterocycles. The fraction of sp³-hybridized carbons (Fsp3) is 0. The van der Waals surface area contributed by atoms with Gasteiger partial charge in [0.2, 0.25) is 0 Å². The van der Waals surface area contributed by atoms with Crippen LogP contribution in [0.1, 0.15) is 61.7 Å². The molecule has 24 rings (SSSR count). The molecule has 9 heterocycles. The summed E-state index contributed by atoms with van der Waals surface area (Å²) in [6.07, 6.45) is 23.7. The molecule has 0 saturated carbocycles. The number of pyridine rings is 9. The van der Waals surface area contributed by atoms with E-state index in [4.69, 9.17) is 61.7 Å². The maximum Gasteiger partial charge on any atom is 0.0970 e. The minimum absolute atomic E-state index is 0.515. The van der Waals surface area contributed by atoms with Gasteiger partial charge >= 0.3 is 0 Å². The predicted octanol–water partition coefficient (Wildman–Crippen LogP) is 29.9. The van der Waals surface area contributed by atoms with E-state index in [-0.39, 0.29) is 0 Å². The minimum atomic E-state index is 0.515. The van der Waals surface area contributed by atoms with Crippen molar-refractivity contribution in [1.82, 2.24) is 44.9 Å². The normalized spacial score (nSPS) is 13.4. The van der Waals surface area contributed by atoms with E-state index in [1.165, 1.54) is 53.9 Å². The lowest BCUT2D eigenvalue weighted by atomic mass is 9.96. The van der Waals surface area contributed by atoms with E-state index in [2.05, 4.69) is 130 Å². The zero-order valence-electron chi connectivity index (χ0n) is 99.9. The molecule has 0 aliphatic heterocycles. The second kappa shape index (κ2) is 28.2. The molecule has 15 aromatic carbocycles. The molecule has 9 nitrogen and oxygen atoms in total. The molecule has 0 spiro atoms. The van der Waals surface area contributed by atoms with E-state index >= 15 is 0 Å². The molecule has 0 aliphatic carbocycles. The summed E-state index contributed by atoms with van der Waals surface area (Å²) in [6.45, 7) is 0. The van der Waals surface area contributed by atoms with Gasteiger partial charge in [-0.3, -0.25) is 44.9 Å². The predicted molar refractivity (Wildman–Crippen MR) is 492 cm³/mol. The second-order valence-electron chi connectivity index (χ2n) is 26.1. The van der Waals surface area contributed by atoms with Crippen LogP contribution in [0.3, 0.4) is 0 Å². The molecule has 0 saturated heterocycles. The lowest BCUT2D eigenvalue weighted by Crippen LogP contribution is -1.87. The van der Waals surface area contributed by atoms with Crippen LogP contribution in [0.15, 0.2) is 384 Å². The quantitative estimate of drug-likeness (QED) is 0.137. The van der Waals surface area contributed by atoms with Gasteiger partial charge in [-0.05, 0) is 162 Å². The highest BCUT2D eigenvalue weighted by molar-refractivity contribution is 6.29. The molecule has 0 amide bonds. The molecule has 0 radical (unpaired) electrons. The topological polar surface area (TPSA) is 116 Å². The summed E-state index contributed by atoms with van der Waals surface area (Å²) in [5.74, 6) is 0. The van der Waals surface area contributed by atoms with Crippen LogP contribution in [0.25, 0.3) is 195 Å². The summed E-state index contributed by atoms with van der Waals surface area (Å²) in [6, 6.07) is 90.9. The summed E-state index contributed by atoms with van der Waals surface area (Å²) in [4.78, 5) is 39.4. The van der Waals surface area contributed by atoms with E-state index in [9.17, 15) is 0 Å². The van der Waals surface area contributed by atoms with Gasteiger partial charge in [0.15, 0.2) is 0 Å². The number of hydrogen-bond acceptors (Lipinski definition) is 9. The molecule has 0 bridgehead atoms. The van der Waals surface area contributed by atoms with Crippen LogP contribution in [0.4, 0.5) is 0 Å². The van der Waals surface area contributed by atoms with E-state index in [1.54, 1.807) is 31.0 Å². The van der Waals surface area contributed by atoms with Gasteiger partial charge in [0, 0.05) is 193 Å². The fourth-order valence-electron chi connectivity index (χ4n) is 15.6. The molecule has 24 aromatic rings. The van der Waals surface area contributed by atoms with E-state index in [0.29, 0.717) is 36.3 Å². The van der Waals surface area contributed by atoms with E-state index < -0.39 is 0 Å². The average Bonchev–Trinajstić information content (AvgIpc) is 0.775. The lowest BCUT2D eigenvalue weighted by molar-refractivity contribution is 1.36. The van der Waals surface area contributed by atoms with Crippen molar-refractivity contribution in [3.63, 3.8) is 0 Å². The van der Waals surface area contributed by atoms with Crippen LogP contribution in [-0.4, -0.2) is 44.9 Å². The highest BCUT2D eigenvalue weighted by atomic mass is 14.7. The van der Waals surface area contributed by atoms with Gasteiger partial charge in [-0.1, -0.05) is 249 Å². The molecular formula is C99H99N9. The Hall–Kier alpha value is -14.7. The van der Waals surface area contributed by atoms with Crippen molar-refractivity contribution in [1.29, 1.82) is 0 Å². The van der Waals surface area contributed by atoms with Gasteiger partial charge in [0.1, 0.15) is 0 Å². The highest BCUT2D eigenvalue weighted by Gasteiger charge is 2.14. The summed E-state index contributed by atoms with van der Waals surface area (Å²) in [5.41, 5.74) is 4.75. The van der Waals surface area contributed by atoms with Crippen LogP contribution < -0.4 is 0 Å². The van der Waals surface area contributed by atoms with Crippen LogP contribution in [0.2, 0.25) is 0 Å². The van der Waals surface area contributed by atoms with Crippen LogP contribution in [0.5, 0.6) is 0 Å². The zero-order valence-corrected chi connectivity index (χ0v) is 57.9. The van der Waals surface area contributed by atoms with Crippen LogP contribution in [-0.2, 0) is 0 Å². The third kappa shape index (κ3) is 11.4. The number of nitrogens with zero attached hydrogens (tertiary/aromatic N) is 9. The van der Waals surface area contributed by atoms with E-state index in [0.717, 1.165) is 141 Å². The van der Waals surface area contributed by atoms with Gasteiger partial charge in [-0.25, -0.2) is 0 Å². The van der Waals surface area contributed by atoms with Gasteiger partial charge in [-0.2, -0.15) is 0 Å². The molecule has 0 N–H and O–H groups in total. The summed E-state index contributed by atoms with van der Waals surface area (Å²) in [5, 5.41) is 35.2. The Morgan fingerprint density at radius 3 is 0.620 bits per heavy atom. The fourth-order valence-corrected chi connectivity index (χ4v) is 15.6. The lowest BCUT2D eigenvalue weighted by Gasteiger charge is -2.09. The van der Waals surface area contributed by atoms with Crippen molar-refractivity contribution in [2.75, 3.05) is 0 Å². The van der Waals surface area contributed by atoms with Gasteiger partial charge in [-0.15, -0.1) is 0 Å². The molecule has 0 atom stereocenters. The molecule has 540 valence electrons. The standard InChI is InChI=1S/3C17H11N.3C16H10N2.18H2/c2*1-2-7-14-12(6-1)13-8-3-4-9-15(13)17-16(14)10-5-11-18-17;1-2-7-14-12(5-1)13-6-3-4-8-15(13)17-11-18-10-9-16(14)17;1-2-6-12-11(5-1)13-7-3-9-17-15(13)16-14(12)8-4-10-18-16;1-2-5-12-11(4-1)13-7-9-17-10-15(13)16-14(12)6-3-8-18-16;1-2-4-12-11(3-1)13-5-7-17-10-16(13)14-6-8-18-9-15(12)14;;;;;;;;;;;;;;;;;;/h3*1-11H;3*1-10H;18*1H/i4D;2D;4D;1D;2*2D;18*1+1D. The van der Waals surface area contributed by atoms with Crippen molar-refractivity contribution >= 4 is 195 Å². The number of benzene rings is 15. The Morgan fingerprint density at radius 2 is 0.315 bits per heavy atom. The minimum Gasteiger partial charge on any atom is -0.264 e. The molecule has 0 unspecified atom stereocenters. The Morgan fingerprint density at radius 1 is 0.148 bits per heavy atom. The third-order valence-corrected chi connectivity index (χ3v) is 20.3. The van der Waals surface area contributed by atoms with E-state index in [1.807, 2.05) is 232 Å². The van der Waals surface area contributed by atoms with Crippen molar-refractivity contribution in [3.05, 3.63) is 384 Å². The SMILES string of the molecule is [2H][2H].[2H][2H].[2H][2H].[2H][2H].[2H][2H].[2H][2H].[2H][2H].[2H][2H].[2H][2H].[2H][2H].[2H][2H].[2H][2H].[2H][2H].[2H][2H].[2H][2H].[2H][2H].[2H][2H].[2H][2H].[2H]c1ccc2c(c1)c1cccnc1c1cnccc21.[2H]c1ccc2c(c1)c1cccnc1c1ncccc21.[2H]c1ccc2c3ccccc3c3cccnc3c2c1.[2H]c1ccc2c3ccccc3c3ccncc3c2c1.[2H]c1ccc2c3ccccc3c3ncccc3c2c1.[2H]c1ccc2c3ccncc3c3ccncc3c2c1. The summed E-state index contributed by atoms with van der Waals surface area (Å²) in [7, 11) is 0. The first-order valence-corrected chi connectivity index (χ1v) is 35.6. The Kier molecular flexibility index (Phi) is 11.3. The molecule has 0 aliphatic rings. The first-order chi connectivity index (χ1) is 74.1. The second-order valence-corrected chi connectivity index (χ2v) is 26.1. The monoisotopic (exact) mass is 1460 g/mol. The Bertz CT molecular complexity index is 6680.